The van der Waals surface area contributed by atoms with Gasteiger partial charge in [-0.25, -0.2) is 0 Å². The molecule has 0 aromatic carbocycles. The number of carbonyl (C=O) groups is 1. The summed E-state index contributed by atoms with van der Waals surface area (Å²) in [7, 11) is 0. The highest BCUT2D eigenvalue weighted by molar-refractivity contribution is 5.84. The molecule has 0 aromatic heterocycles. The summed E-state index contributed by atoms with van der Waals surface area (Å²) in [5.41, 5.74) is 0.121. The molecule has 0 amide bonds. The van der Waals surface area contributed by atoms with E-state index in [0.717, 1.165) is 32.1 Å². The molecule has 2 aliphatic heterocycles. The third-order valence-corrected chi connectivity index (χ3v) is 6.64. The summed E-state index contributed by atoms with van der Waals surface area (Å²) in [6.45, 7) is 2.52. The fourth-order valence-electron chi connectivity index (χ4n) is 5.70. The molecule has 0 aromatic rings. The van der Waals surface area contributed by atoms with Crippen LogP contribution in [0.3, 0.4) is 0 Å². The highest BCUT2D eigenvalue weighted by atomic mass is 16.3. The monoisotopic (exact) mass is 307 g/mol. The second kappa shape index (κ2) is 7.00. The van der Waals surface area contributed by atoms with Gasteiger partial charge in [-0.05, 0) is 32.1 Å². The molecule has 126 valence electrons. The zero-order valence-electron chi connectivity index (χ0n) is 14.2. The van der Waals surface area contributed by atoms with Crippen molar-refractivity contribution >= 4 is 5.78 Å². The number of aliphatic hydroxyl groups is 1. The molecule has 0 radical (unpaired) electrons. The summed E-state index contributed by atoms with van der Waals surface area (Å²) in [5, 5.41) is 9.86. The maximum absolute atomic E-state index is 12.8. The number of rotatable bonds is 6. The van der Waals surface area contributed by atoms with Crippen LogP contribution in [-0.2, 0) is 4.79 Å². The number of Topliss-reactive ketones (excluding diaryl/α,β-unsaturated/α-hetero) is 1. The average Bonchev–Trinajstić information content (AvgIpc) is 2.90. The Morgan fingerprint density at radius 1 is 1.14 bits per heavy atom. The molecule has 3 rings (SSSR count). The van der Waals surface area contributed by atoms with Crippen molar-refractivity contribution in [2.75, 3.05) is 6.61 Å². The zero-order valence-corrected chi connectivity index (χ0v) is 14.2. The average molecular weight is 307 g/mol. The molecule has 0 bridgehead atoms. The van der Waals surface area contributed by atoms with Gasteiger partial charge in [-0.1, -0.05) is 45.4 Å². The van der Waals surface area contributed by atoms with Crippen LogP contribution in [0.1, 0.15) is 84.0 Å². The molecule has 3 aliphatic rings. The van der Waals surface area contributed by atoms with Gasteiger partial charge in [0.15, 0.2) is 0 Å². The van der Waals surface area contributed by atoms with Crippen molar-refractivity contribution in [1.82, 2.24) is 4.90 Å². The topological polar surface area (TPSA) is 40.5 Å². The van der Waals surface area contributed by atoms with Gasteiger partial charge in [0.05, 0.1) is 6.61 Å². The van der Waals surface area contributed by atoms with E-state index in [2.05, 4.69) is 11.8 Å². The van der Waals surface area contributed by atoms with Gasteiger partial charge < -0.3 is 5.11 Å². The Balaban J connectivity index is 1.77. The minimum atomic E-state index is 0.121. The lowest BCUT2D eigenvalue weighted by atomic mass is 9.65. The van der Waals surface area contributed by atoms with Crippen LogP contribution in [0.4, 0.5) is 0 Å². The highest BCUT2D eigenvalue weighted by Crippen LogP contribution is 2.53. The summed E-state index contributed by atoms with van der Waals surface area (Å²) in [5.74, 6) is 0.805. The standard InChI is InChI=1S/C19H33NO2/c1-2-3-4-5-8-15-13-18(22)17-9-6-7-11-19(17)12-10-16(14-21)20(15)19/h15-17,21H,2-14H2,1H3/t15-,16-,17-,19+/m1/s1. The Labute approximate surface area is 135 Å². The van der Waals surface area contributed by atoms with Gasteiger partial charge in [-0.2, -0.15) is 0 Å². The molecule has 2 heterocycles. The SMILES string of the molecule is CCCCCC[C@@H]1CC(=O)[C@H]2CCCC[C@]23CC[C@H](CO)N13. The summed E-state index contributed by atoms with van der Waals surface area (Å²) < 4.78 is 0. The van der Waals surface area contributed by atoms with Crippen LogP contribution in [0.5, 0.6) is 0 Å². The van der Waals surface area contributed by atoms with E-state index >= 15 is 0 Å². The lowest BCUT2D eigenvalue weighted by Gasteiger charge is -2.55. The van der Waals surface area contributed by atoms with E-state index in [-0.39, 0.29) is 18.1 Å². The number of ketones is 1. The van der Waals surface area contributed by atoms with Gasteiger partial charge in [0.1, 0.15) is 5.78 Å². The third kappa shape index (κ3) is 2.75. The van der Waals surface area contributed by atoms with Gasteiger partial charge in [-0.15, -0.1) is 0 Å². The van der Waals surface area contributed by atoms with Gasteiger partial charge in [0, 0.05) is 30.0 Å². The lowest BCUT2D eigenvalue weighted by Crippen LogP contribution is -2.64. The molecule has 3 heteroatoms. The minimum absolute atomic E-state index is 0.121. The van der Waals surface area contributed by atoms with Crippen LogP contribution in [0.25, 0.3) is 0 Å². The molecule has 4 atom stereocenters. The summed E-state index contributed by atoms with van der Waals surface area (Å²) in [6, 6.07) is 0.711. The van der Waals surface area contributed by atoms with E-state index in [1.807, 2.05) is 0 Å². The molecule has 3 fully saturated rings. The first-order chi connectivity index (χ1) is 10.7. The third-order valence-electron chi connectivity index (χ3n) is 6.64. The van der Waals surface area contributed by atoms with Crippen molar-refractivity contribution in [2.24, 2.45) is 5.92 Å². The molecule has 1 N–H and O–H groups in total. The van der Waals surface area contributed by atoms with Crippen molar-refractivity contribution in [3.05, 3.63) is 0 Å². The predicted octanol–water partition coefficient (Wildman–Crippen LogP) is 3.68. The normalized spacial score (nSPS) is 38.8. The summed E-state index contributed by atoms with van der Waals surface area (Å²) >= 11 is 0. The molecule has 3 nitrogen and oxygen atoms in total. The zero-order chi connectivity index (χ0) is 15.6. The number of carbonyl (C=O) groups excluding carboxylic acids is 1. The molecular weight excluding hydrogens is 274 g/mol. The van der Waals surface area contributed by atoms with Crippen LogP contribution in [0.15, 0.2) is 0 Å². The first-order valence-electron chi connectivity index (χ1n) is 9.65. The van der Waals surface area contributed by atoms with Crippen molar-refractivity contribution in [3.8, 4) is 0 Å². The fourth-order valence-corrected chi connectivity index (χ4v) is 5.70. The quantitative estimate of drug-likeness (QED) is 0.761. The molecular formula is C19H33NO2. The smallest absolute Gasteiger partial charge is 0.139 e. The van der Waals surface area contributed by atoms with Crippen LogP contribution >= 0.6 is 0 Å². The fraction of sp³-hybridized carbons (Fsp3) is 0.947. The number of piperidine rings is 1. The Kier molecular flexibility index (Phi) is 5.24. The predicted molar refractivity (Wildman–Crippen MR) is 88.8 cm³/mol. The Hall–Kier alpha value is -0.410. The van der Waals surface area contributed by atoms with Gasteiger partial charge in [0.25, 0.3) is 0 Å². The first kappa shape index (κ1) is 16.4. The van der Waals surface area contributed by atoms with E-state index in [1.165, 1.54) is 44.9 Å². The molecule has 1 saturated carbocycles. The van der Waals surface area contributed by atoms with Crippen LogP contribution in [0.2, 0.25) is 0 Å². The van der Waals surface area contributed by atoms with E-state index in [9.17, 15) is 9.90 Å². The van der Waals surface area contributed by atoms with Crippen LogP contribution < -0.4 is 0 Å². The van der Waals surface area contributed by atoms with Gasteiger partial charge in [0.2, 0.25) is 0 Å². The number of unbranched alkanes of at least 4 members (excludes halogenated alkanes) is 3. The van der Waals surface area contributed by atoms with Crippen LogP contribution in [-0.4, -0.2) is 40.0 Å². The number of aliphatic hydroxyl groups excluding tert-OH is 1. The lowest BCUT2D eigenvalue weighted by molar-refractivity contribution is -0.144. The summed E-state index contributed by atoms with van der Waals surface area (Å²) in [4.78, 5) is 15.4. The van der Waals surface area contributed by atoms with Crippen molar-refractivity contribution in [1.29, 1.82) is 0 Å². The maximum Gasteiger partial charge on any atom is 0.139 e. The highest BCUT2D eigenvalue weighted by Gasteiger charge is 2.58. The van der Waals surface area contributed by atoms with E-state index in [1.54, 1.807) is 0 Å². The summed E-state index contributed by atoms with van der Waals surface area (Å²) in [6.07, 6.45) is 14.0. The second-order valence-electron chi connectivity index (χ2n) is 7.86. The number of hydrogen-bond donors (Lipinski definition) is 1. The largest absolute Gasteiger partial charge is 0.395 e. The number of hydrogen-bond acceptors (Lipinski definition) is 3. The Morgan fingerprint density at radius 3 is 2.77 bits per heavy atom. The Morgan fingerprint density at radius 2 is 2.00 bits per heavy atom. The van der Waals surface area contributed by atoms with Crippen LogP contribution in [0, 0.1) is 5.92 Å². The van der Waals surface area contributed by atoms with Crippen molar-refractivity contribution in [3.63, 3.8) is 0 Å². The maximum atomic E-state index is 12.8. The van der Waals surface area contributed by atoms with Crippen molar-refractivity contribution in [2.45, 2.75) is 102 Å². The van der Waals surface area contributed by atoms with E-state index < -0.39 is 0 Å². The minimum Gasteiger partial charge on any atom is -0.395 e. The molecule has 2 saturated heterocycles. The second-order valence-corrected chi connectivity index (χ2v) is 7.86. The first-order valence-corrected chi connectivity index (χ1v) is 9.65. The molecule has 0 unspecified atom stereocenters. The Bertz CT molecular complexity index is 397. The van der Waals surface area contributed by atoms with Gasteiger partial charge >= 0.3 is 0 Å². The van der Waals surface area contributed by atoms with Crippen molar-refractivity contribution < 1.29 is 9.90 Å². The van der Waals surface area contributed by atoms with Gasteiger partial charge in [-0.3, -0.25) is 9.69 Å². The van der Waals surface area contributed by atoms with E-state index in [0.29, 0.717) is 17.9 Å². The molecule has 1 spiro atoms. The molecule has 22 heavy (non-hydrogen) atoms. The van der Waals surface area contributed by atoms with E-state index in [4.69, 9.17) is 0 Å². The number of nitrogens with zero attached hydrogens (tertiary/aromatic N) is 1. The molecule has 1 aliphatic carbocycles.